The first-order chi connectivity index (χ1) is 11.6. The molecule has 0 fully saturated rings. The highest BCUT2D eigenvalue weighted by molar-refractivity contribution is 5.87. The molecule has 2 aromatic rings. The van der Waals surface area contributed by atoms with Gasteiger partial charge in [0, 0.05) is 32.5 Å². The van der Waals surface area contributed by atoms with E-state index in [1.54, 1.807) is 18.5 Å². The number of amides is 1. The van der Waals surface area contributed by atoms with Gasteiger partial charge < -0.3 is 10.2 Å². The Hall–Kier alpha value is -2.67. The number of rotatable bonds is 3. The molecule has 24 heavy (non-hydrogen) atoms. The smallest absolute Gasteiger partial charge is 0.413 e. The molecule has 0 radical (unpaired) electrons. The molecule has 0 saturated carbocycles. The second-order valence-electron chi connectivity index (χ2n) is 5.62. The lowest BCUT2D eigenvalue weighted by Crippen LogP contribution is -2.35. The van der Waals surface area contributed by atoms with Crippen LogP contribution in [0.15, 0.2) is 36.7 Å². The number of pyridine rings is 1. The molecule has 2 heterocycles. The van der Waals surface area contributed by atoms with Gasteiger partial charge in [0.15, 0.2) is 0 Å². The lowest BCUT2D eigenvalue weighted by Gasteiger charge is -2.30. The van der Waals surface area contributed by atoms with Crippen LogP contribution in [0.2, 0.25) is 0 Å². The van der Waals surface area contributed by atoms with Gasteiger partial charge in [0.1, 0.15) is 5.82 Å². The molecule has 1 aromatic carbocycles. The number of carbonyl (C=O) groups is 1. The summed E-state index contributed by atoms with van der Waals surface area (Å²) in [6.07, 6.45) is 3.57. The number of methoxy groups -OCH3 is 1. The summed E-state index contributed by atoms with van der Waals surface area (Å²) in [5.74, 6) is -0.419. The zero-order valence-electron chi connectivity index (χ0n) is 13.6. The van der Waals surface area contributed by atoms with Crippen LogP contribution in [0.25, 0.3) is 0 Å². The monoisotopic (exact) mass is 330 g/mol. The normalized spacial score (nSPS) is 14.0. The SMILES string of the molecule is COC(=O)N(C)c1cc2c(cc1F)CCN(Nc1ccncc1)C2. The standard InChI is InChI=1S/C17H19FN4O2/c1-21(17(23)24-2)16-10-13-11-22(8-5-12(13)9-15(16)18)20-14-3-6-19-7-4-14/h3-4,6-7,9-10H,5,8,11H2,1-2H3,(H,19,20). The molecule has 1 amide bonds. The molecule has 126 valence electrons. The van der Waals surface area contributed by atoms with Gasteiger partial charge in [-0.05, 0) is 41.8 Å². The van der Waals surface area contributed by atoms with Gasteiger partial charge in [-0.1, -0.05) is 0 Å². The first kappa shape index (κ1) is 16.2. The molecule has 0 bridgehead atoms. The van der Waals surface area contributed by atoms with E-state index < -0.39 is 11.9 Å². The minimum absolute atomic E-state index is 0.214. The molecule has 1 aliphatic heterocycles. The van der Waals surface area contributed by atoms with Gasteiger partial charge in [-0.3, -0.25) is 9.88 Å². The fourth-order valence-corrected chi connectivity index (χ4v) is 2.76. The molecule has 1 aliphatic rings. The Balaban J connectivity index is 1.81. The number of aromatic nitrogens is 1. The average Bonchev–Trinajstić information content (AvgIpc) is 2.61. The van der Waals surface area contributed by atoms with Crippen molar-refractivity contribution in [3.8, 4) is 0 Å². The maximum Gasteiger partial charge on any atom is 0.413 e. The maximum atomic E-state index is 14.3. The molecule has 0 aliphatic carbocycles. The van der Waals surface area contributed by atoms with Crippen LogP contribution < -0.4 is 10.3 Å². The lowest BCUT2D eigenvalue weighted by molar-refractivity contribution is 0.180. The Morgan fingerprint density at radius 3 is 2.79 bits per heavy atom. The molecule has 0 atom stereocenters. The van der Waals surface area contributed by atoms with E-state index in [0.717, 1.165) is 29.8 Å². The Morgan fingerprint density at radius 1 is 1.33 bits per heavy atom. The van der Waals surface area contributed by atoms with Crippen LogP contribution in [-0.4, -0.2) is 36.8 Å². The quantitative estimate of drug-likeness (QED) is 0.938. The summed E-state index contributed by atoms with van der Waals surface area (Å²) in [6.45, 7) is 1.38. The number of anilines is 2. The second-order valence-corrected chi connectivity index (χ2v) is 5.62. The highest BCUT2D eigenvalue weighted by atomic mass is 19.1. The van der Waals surface area contributed by atoms with Crippen molar-refractivity contribution in [2.75, 3.05) is 31.0 Å². The zero-order valence-corrected chi connectivity index (χ0v) is 13.6. The summed E-state index contributed by atoms with van der Waals surface area (Å²) in [5.41, 5.74) is 6.42. The predicted molar refractivity (Wildman–Crippen MR) is 89.2 cm³/mol. The van der Waals surface area contributed by atoms with Gasteiger partial charge in [0.25, 0.3) is 0 Å². The Labute approximate surface area is 139 Å². The van der Waals surface area contributed by atoms with E-state index in [2.05, 4.69) is 20.2 Å². The Morgan fingerprint density at radius 2 is 2.08 bits per heavy atom. The summed E-state index contributed by atoms with van der Waals surface area (Å²) in [5, 5.41) is 2.05. The number of hydrazine groups is 1. The largest absolute Gasteiger partial charge is 0.452 e. The number of nitrogens with one attached hydrogen (secondary N) is 1. The van der Waals surface area contributed by atoms with Crippen LogP contribution in [-0.2, 0) is 17.7 Å². The first-order valence-corrected chi connectivity index (χ1v) is 7.63. The van der Waals surface area contributed by atoms with Crippen molar-refractivity contribution in [1.82, 2.24) is 9.99 Å². The second kappa shape index (κ2) is 6.84. The van der Waals surface area contributed by atoms with Crippen LogP contribution in [0.1, 0.15) is 11.1 Å². The number of nitrogens with zero attached hydrogens (tertiary/aromatic N) is 3. The van der Waals surface area contributed by atoms with Crippen LogP contribution in [0, 0.1) is 5.82 Å². The molecule has 7 heteroatoms. The third kappa shape index (κ3) is 3.30. The summed E-state index contributed by atoms with van der Waals surface area (Å²) < 4.78 is 18.9. The van der Waals surface area contributed by atoms with Crippen molar-refractivity contribution < 1.29 is 13.9 Å². The van der Waals surface area contributed by atoms with Gasteiger partial charge >= 0.3 is 6.09 Å². The number of fused-ring (bicyclic) bond motifs is 1. The molecule has 1 N–H and O–H groups in total. The fraction of sp³-hybridized carbons (Fsp3) is 0.294. The predicted octanol–water partition coefficient (Wildman–Crippen LogP) is 2.81. The lowest BCUT2D eigenvalue weighted by atomic mass is 9.99. The van der Waals surface area contributed by atoms with Crippen LogP contribution >= 0.6 is 0 Å². The van der Waals surface area contributed by atoms with E-state index >= 15 is 0 Å². The number of benzene rings is 1. The minimum atomic E-state index is -0.601. The highest BCUT2D eigenvalue weighted by Gasteiger charge is 2.22. The zero-order chi connectivity index (χ0) is 17.1. The van der Waals surface area contributed by atoms with Crippen molar-refractivity contribution in [3.63, 3.8) is 0 Å². The molecular formula is C17H19FN4O2. The van der Waals surface area contributed by atoms with E-state index in [1.807, 2.05) is 12.1 Å². The molecule has 0 spiro atoms. The number of ether oxygens (including phenoxy) is 1. The molecule has 0 saturated heterocycles. The van der Waals surface area contributed by atoms with Gasteiger partial charge in [0.05, 0.1) is 18.5 Å². The molecule has 6 nitrogen and oxygen atoms in total. The third-order valence-electron chi connectivity index (χ3n) is 4.06. The topological polar surface area (TPSA) is 57.7 Å². The van der Waals surface area contributed by atoms with E-state index in [-0.39, 0.29) is 5.69 Å². The van der Waals surface area contributed by atoms with Crippen molar-refractivity contribution >= 4 is 17.5 Å². The number of carbonyl (C=O) groups excluding carboxylic acids is 1. The van der Waals surface area contributed by atoms with E-state index in [9.17, 15) is 9.18 Å². The first-order valence-electron chi connectivity index (χ1n) is 7.63. The number of hydrogen-bond acceptors (Lipinski definition) is 5. The maximum absolute atomic E-state index is 14.3. The molecule has 0 unspecified atom stereocenters. The average molecular weight is 330 g/mol. The Kier molecular flexibility index (Phi) is 4.61. The van der Waals surface area contributed by atoms with Crippen LogP contribution in [0.3, 0.4) is 0 Å². The summed E-state index contributed by atoms with van der Waals surface area (Å²) in [6, 6.07) is 6.99. The van der Waals surface area contributed by atoms with Crippen molar-refractivity contribution in [2.45, 2.75) is 13.0 Å². The highest BCUT2D eigenvalue weighted by Crippen LogP contribution is 2.28. The summed E-state index contributed by atoms with van der Waals surface area (Å²) in [4.78, 5) is 16.8. The van der Waals surface area contributed by atoms with Gasteiger partial charge in [-0.25, -0.2) is 14.2 Å². The molecule has 3 rings (SSSR count). The fourth-order valence-electron chi connectivity index (χ4n) is 2.76. The van der Waals surface area contributed by atoms with Crippen molar-refractivity contribution in [1.29, 1.82) is 0 Å². The van der Waals surface area contributed by atoms with Crippen molar-refractivity contribution in [3.05, 3.63) is 53.6 Å². The van der Waals surface area contributed by atoms with Crippen molar-refractivity contribution in [2.24, 2.45) is 0 Å². The third-order valence-corrected chi connectivity index (χ3v) is 4.06. The Bertz CT molecular complexity index is 739. The van der Waals surface area contributed by atoms with Crippen LogP contribution in [0.5, 0.6) is 0 Å². The number of halogens is 1. The molecule has 1 aromatic heterocycles. The van der Waals surface area contributed by atoms with Gasteiger partial charge in [0.2, 0.25) is 0 Å². The van der Waals surface area contributed by atoms with Gasteiger partial charge in [-0.15, -0.1) is 0 Å². The molecular weight excluding hydrogens is 311 g/mol. The van der Waals surface area contributed by atoms with E-state index in [4.69, 9.17) is 0 Å². The van der Waals surface area contributed by atoms with E-state index in [0.29, 0.717) is 6.54 Å². The summed E-state index contributed by atoms with van der Waals surface area (Å²) in [7, 11) is 2.77. The van der Waals surface area contributed by atoms with E-state index in [1.165, 1.54) is 25.1 Å². The van der Waals surface area contributed by atoms with Gasteiger partial charge in [-0.2, -0.15) is 0 Å². The minimum Gasteiger partial charge on any atom is -0.452 e. The summed E-state index contributed by atoms with van der Waals surface area (Å²) >= 11 is 0. The number of hydrogen-bond donors (Lipinski definition) is 1. The van der Waals surface area contributed by atoms with Crippen LogP contribution in [0.4, 0.5) is 20.6 Å².